The van der Waals surface area contributed by atoms with Crippen molar-refractivity contribution in [2.45, 2.75) is 38.5 Å². The smallest absolute Gasteiger partial charge is 0.243 e. The van der Waals surface area contributed by atoms with Gasteiger partial charge in [0.25, 0.3) is 0 Å². The molecule has 0 saturated heterocycles. The molecule has 0 atom stereocenters. The van der Waals surface area contributed by atoms with Gasteiger partial charge in [0.2, 0.25) is 11.8 Å². The van der Waals surface area contributed by atoms with Gasteiger partial charge in [-0.2, -0.15) is 0 Å². The first-order chi connectivity index (χ1) is 12.8. The summed E-state index contributed by atoms with van der Waals surface area (Å²) in [6.07, 6.45) is 14.2. The number of likely N-dealkylation sites (N-methyl/N-ethyl adjacent to an activating group) is 1. The van der Waals surface area contributed by atoms with Gasteiger partial charge in [0, 0.05) is 24.6 Å². The lowest BCUT2D eigenvalue weighted by molar-refractivity contribution is -0.116. The summed E-state index contributed by atoms with van der Waals surface area (Å²) in [5.74, 6) is 0.634. The molecule has 4 heteroatoms. The average Bonchev–Trinajstić information content (AvgIpc) is 2.68. The highest BCUT2D eigenvalue weighted by Gasteiger charge is 1.98. The Bertz CT molecular complexity index is 738. The Morgan fingerprint density at radius 1 is 1.04 bits per heavy atom. The molecule has 1 aromatic heterocycles. The topological polar surface area (TPSA) is 51.2 Å². The summed E-state index contributed by atoms with van der Waals surface area (Å²) in [5, 5.41) is 3.68. The summed E-state index contributed by atoms with van der Waals surface area (Å²) in [7, 11) is 1.62. The fourth-order valence-electron chi connectivity index (χ4n) is 2.60. The minimum Gasteiger partial charge on any atom is -0.478 e. The number of fused-ring (bicyclic) bond motifs is 1. The third-order valence-corrected chi connectivity index (χ3v) is 4.08. The van der Waals surface area contributed by atoms with Crippen LogP contribution in [0.2, 0.25) is 0 Å². The highest BCUT2D eigenvalue weighted by Crippen LogP contribution is 2.16. The average molecular weight is 352 g/mol. The summed E-state index contributed by atoms with van der Waals surface area (Å²) in [6.45, 7) is 0.718. The van der Waals surface area contributed by atoms with E-state index in [1.54, 1.807) is 13.1 Å². The first kappa shape index (κ1) is 19.7. The van der Waals surface area contributed by atoms with Crippen molar-refractivity contribution < 1.29 is 9.53 Å². The summed E-state index contributed by atoms with van der Waals surface area (Å²) >= 11 is 0. The van der Waals surface area contributed by atoms with Crippen molar-refractivity contribution in [3.63, 3.8) is 0 Å². The number of carbonyl (C=O) groups is 1. The lowest BCUT2D eigenvalue weighted by atomic mass is 10.1. The third kappa shape index (κ3) is 7.51. The zero-order valence-corrected chi connectivity index (χ0v) is 15.5. The van der Waals surface area contributed by atoms with E-state index >= 15 is 0 Å². The molecule has 26 heavy (non-hydrogen) atoms. The summed E-state index contributed by atoms with van der Waals surface area (Å²) < 4.78 is 5.75. The van der Waals surface area contributed by atoms with Crippen molar-refractivity contribution >= 4 is 16.8 Å². The molecule has 138 valence electrons. The number of hydrogen-bond acceptors (Lipinski definition) is 3. The van der Waals surface area contributed by atoms with Crippen LogP contribution in [0.1, 0.15) is 38.5 Å². The fourth-order valence-corrected chi connectivity index (χ4v) is 2.60. The number of ether oxygens (including phenoxy) is 1. The number of aromatic nitrogens is 1. The summed E-state index contributed by atoms with van der Waals surface area (Å²) in [5.41, 5.74) is 0.975. The molecule has 0 radical (unpaired) electrons. The zero-order valence-electron chi connectivity index (χ0n) is 15.5. The summed E-state index contributed by atoms with van der Waals surface area (Å²) in [4.78, 5) is 15.5. The van der Waals surface area contributed by atoms with Gasteiger partial charge >= 0.3 is 0 Å². The Hall–Kier alpha value is -2.62. The standard InChI is InChI=1S/C22H28N2O2/c1-23-21(25)15-9-7-5-3-2-4-6-8-12-18-26-22-17-16-19-13-10-11-14-20(19)24-22/h5,7,9-11,13-17H,2-4,6,8,12,18H2,1H3,(H,23,25). The maximum Gasteiger partial charge on any atom is 0.243 e. The van der Waals surface area contributed by atoms with E-state index in [4.69, 9.17) is 4.74 Å². The van der Waals surface area contributed by atoms with Gasteiger partial charge in [-0.25, -0.2) is 4.98 Å². The normalized spacial score (nSPS) is 11.4. The Morgan fingerprint density at radius 3 is 2.73 bits per heavy atom. The van der Waals surface area contributed by atoms with E-state index < -0.39 is 0 Å². The minimum absolute atomic E-state index is 0.0734. The van der Waals surface area contributed by atoms with Crippen molar-refractivity contribution in [3.8, 4) is 5.88 Å². The predicted octanol–water partition coefficient (Wildman–Crippen LogP) is 4.81. The number of nitrogens with zero attached hydrogens (tertiary/aromatic N) is 1. The minimum atomic E-state index is -0.0734. The maximum absolute atomic E-state index is 11.0. The van der Waals surface area contributed by atoms with Gasteiger partial charge in [-0.3, -0.25) is 4.79 Å². The fraction of sp³-hybridized carbons (Fsp3) is 0.364. The number of hydrogen-bond donors (Lipinski definition) is 1. The largest absolute Gasteiger partial charge is 0.478 e. The molecule has 1 amide bonds. The third-order valence-electron chi connectivity index (χ3n) is 4.08. The Morgan fingerprint density at radius 2 is 1.85 bits per heavy atom. The molecule has 0 unspecified atom stereocenters. The second kappa shape index (κ2) is 11.9. The molecular weight excluding hydrogens is 324 g/mol. The number of nitrogens with one attached hydrogen (secondary N) is 1. The van der Waals surface area contributed by atoms with Crippen molar-refractivity contribution in [1.29, 1.82) is 0 Å². The lowest BCUT2D eigenvalue weighted by Crippen LogP contribution is -2.13. The van der Waals surface area contributed by atoms with Gasteiger partial charge in [-0.1, -0.05) is 55.7 Å². The molecule has 2 aromatic rings. The van der Waals surface area contributed by atoms with Crippen LogP contribution in [-0.2, 0) is 4.79 Å². The highest BCUT2D eigenvalue weighted by molar-refractivity contribution is 5.87. The molecule has 0 aliphatic heterocycles. The van der Waals surface area contributed by atoms with Gasteiger partial charge in [-0.05, 0) is 31.4 Å². The van der Waals surface area contributed by atoms with Crippen LogP contribution >= 0.6 is 0 Å². The number of carbonyl (C=O) groups excluding carboxylic acids is 1. The number of allylic oxidation sites excluding steroid dienone is 3. The van der Waals surface area contributed by atoms with Crippen molar-refractivity contribution in [2.24, 2.45) is 0 Å². The lowest BCUT2D eigenvalue weighted by Gasteiger charge is -2.06. The molecule has 0 saturated carbocycles. The van der Waals surface area contributed by atoms with E-state index in [0.29, 0.717) is 5.88 Å². The molecule has 1 aromatic carbocycles. The first-order valence-corrected chi connectivity index (χ1v) is 9.33. The van der Waals surface area contributed by atoms with Crippen molar-refractivity contribution in [1.82, 2.24) is 10.3 Å². The number of para-hydroxylation sites is 1. The van der Waals surface area contributed by atoms with Crippen molar-refractivity contribution in [3.05, 3.63) is 60.7 Å². The molecule has 0 fully saturated rings. The molecule has 0 spiro atoms. The quantitative estimate of drug-likeness (QED) is 0.359. The molecular formula is C22H28N2O2. The van der Waals surface area contributed by atoms with Gasteiger partial charge in [0.15, 0.2) is 0 Å². The predicted molar refractivity (Wildman–Crippen MR) is 107 cm³/mol. The second-order valence-corrected chi connectivity index (χ2v) is 6.15. The molecule has 1 heterocycles. The molecule has 0 aliphatic carbocycles. The molecule has 4 nitrogen and oxygen atoms in total. The number of rotatable bonds is 11. The Labute approximate surface area is 156 Å². The van der Waals surface area contributed by atoms with Crippen LogP contribution < -0.4 is 10.1 Å². The van der Waals surface area contributed by atoms with Gasteiger partial charge in [0.05, 0.1) is 12.1 Å². The van der Waals surface area contributed by atoms with Crippen molar-refractivity contribution in [2.75, 3.05) is 13.7 Å². The van der Waals surface area contributed by atoms with Crippen LogP contribution in [0.15, 0.2) is 60.7 Å². The van der Waals surface area contributed by atoms with E-state index in [2.05, 4.69) is 28.5 Å². The van der Waals surface area contributed by atoms with E-state index in [1.165, 1.54) is 31.8 Å². The Balaban J connectivity index is 1.49. The molecule has 1 N–H and O–H groups in total. The first-order valence-electron chi connectivity index (χ1n) is 9.33. The van der Waals surface area contributed by atoms with Crippen LogP contribution in [-0.4, -0.2) is 24.5 Å². The van der Waals surface area contributed by atoms with Gasteiger partial charge in [-0.15, -0.1) is 0 Å². The van der Waals surface area contributed by atoms with Gasteiger partial charge in [0.1, 0.15) is 0 Å². The Kier molecular flexibility index (Phi) is 8.98. The molecule has 2 rings (SSSR count). The van der Waals surface area contributed by atoms with Crippen LogP contribution in [0.5, 0.6) is 5.88 Å². The number of pyridine rings is 1. The monoisotopic (exact) mass is 352 g/mol. The maximum atomic E-state index is 11.0. The van der Waals surface area contributed by atoms with E-state index in [1.807, 2.05) is 30.3 Å². The molecule has 0 bridgehead atoms. The second-order valence-electron chi connectivity index (χ2n) is 6.15. The number of benzene rings is 1. The molecule has 0 aliphatic rings. The van der Waals surface area contributed by atoms with E-state index in [0.717, 1.165) is 30.4 Å². The zero-order chi connectivity index (χ0) is 18.5. The van der Waals surface area contributed by atoms with Crippen LogP contribution in [0.3, 0.4) is 0 Å². The number of amides is 1. The van der Waals surface area contributed by atoms with E-state index in [9.17, 15) is 4.79 Å². The SMILES string of the molecule is CNC(=O)C=CC=CCCCCCCCOc1ccc2ccccc2n1. The summed E-state index contributed by atoms with van der Waals surface area (Å²) in [6, 6.07) is 12.1. The van der Waals surface area contributed by atoms with E-state index in [-0.39, 0.29) is 5.91 Å². The van der Waals surface area contributed by atoms with Crippen LogP contribution in [0, 0.1) is 0 Å². The van der Waals surface area contributed by atoms with Gasteiger partial charge < -0.3 is 10.1 Å². The highest BCUT2D eigenvalue weighted by atomic mass is 16.5. The van der Waals surface area contributed by atoms with Crippen LogP contribution in [0.25, 0.3) is 10.9 Å². The number of unbranched alkanes of at least 4 members (excludes halogenated alkanes) is 5. The van der Waals surface area contributed by atoms with Crippen LogP contribution in [0.4, 0.5) is 0 Å².